The van der Waals surface area contributed by atoms with Crippen LogP contribution < -0.4 is 0 Å². The molecule has 0 heterocycles. The van der Waals surface area contributed by atoms with Gasteiger partial charge in [0.1, 0.15) is 0 Å². The number of esters is 4. The molecule has 0 radical (unpaired) electrons. The maximum Gasteiger partial charge on any atom is 0.347 e. The SMILES string of the molecule is CCCC(O)C(=O)OC(=O)c1cccc(CC)c1C(=O)OC(=O)C(O)CCC. The van der Waals surface area contributed by atoms with Gasteiger partial charge in [-0.05, 0) is 30.9 Å². The molecule has 0 aliphatic rings. The van der Waals surface area contributed by atoms with E-state index in [1.165, 1.54) is 12.1 Å². The molecule has 1 rings (SSSR count). The van der Waals surface area contributed by atoms with Gasteiger partial charge in [-0.15, -0.1) is 0 Å². The zero-order valence-electron chi connectivity index (χ0n) is 16.3. The van der Waals surface area contributed by atoms with E-state index in [0.29, 0.717) is 24.8 Å². The first kappa shape index (κ1) is 23.5. The molecule has 0 saturated carbocycles. The van der Waals surface area contributed by atoms with Gasteiger partial charge >= 0.3 is 23.9 Å². The van der Waals surface area contributed by atoms with Crippen LogP contribution in [0.5, 0.6) is 0 Å². The molecular formula is C20H26O8. The molecule has 0 bridgehead atoms. The van der Waals surface area contributed by atoms with Crippen LogP contribution in [0.1, 0.15) is 72.7 Å². The third kappa shape index (κ3) is 6.24. The highest BCUT2D eigenvalue weighted by Crippen LogP contribution is 2.19. The average Bonchev–Trinajstić information content (AvgIpc) is 2.67. The van der Waals surface area contributed by atoms with Gasteiger partial charge in [-0.2, -0.15) is 0 Å². The molecule has 1 aromatic carbocycles. The number of rotatable bonds is 9. The standard InChI is InChI=1S/C20H26O8/c1-4-8-14(21)18(24)27-17(23)13-11-7-10-12(6-3)16(13)20(26)28-19(25)15(22)9-5-2/h7,10-11,14-15,21-22H,4-6,8-9H2,1-3H3. The Kier molecular flexibility index (Phi) is 9.47. The molecule has 0 fully saturated rings. The fraction of sp³-hybridized carbons (Fsp3) is 0.500. The van der Waals surface area contributed by atoms with Gasteiger partial charge < -0.3 is 19.7 Å². The van der Waals surface area contributed by atoms with Gasteiger partial charge in [0.05, 0.1) is 11.1 Å². The molecule has 0 amide bonds. The molecule has 0 aliphatic heterocycles. The molecule has 2 N–H and O–H groups in total. The van der Waals surface area contributed by atoms with Gasteiger partial charge in [-0.3, -0.25) is 0 Å². The number of ether oxygens (including phenoxy) is 2. The van der Waals surface area contributed by atoms with Crippen LogP contribution in [0.2, 0.25) is 0 Å². The van der Waals surface area contributed by atoms with E-state index in [4.69, 9.17) is 4.74 Å². The molecule has 0 aliphatic carbocycles. The first-order valence-corrected chi connectivity index (χ1v) is 9.26. The third-order valence-electron chi connectivity index (χ3n) is 4.01. The maximum atomic E-state index is 12.5. The fourth-order valence-corrected chi connectivity index (χ4v) is 2.51. The lowest BCUT2D eigenvalue weighted by molar-refractivity contribution is -0.148. The second-order valence-electron chi connectivity index (χ2n) is 6.22. The molecule has 2 unspecified atom stereocenters. The van der Waals surface area contributed by atoms with Crippen LogP contribution in [0.15, 0.2) is 18.2 Å². The van der Waals surface area contributed by atoms with Crippen LogP contribution >= 0.6 is 0 Å². The Balaban J connectivity index is 3.11. The number of benzene rings is 1. The smallest absolute Gasteiger partial charge is 0.347 e. The molecule has 8 heteroatoms. The number of carbonyl (C=O) groups is 4. The first-order chi connectivity index (χ1) is 13.3. The highest BCUT2D eigenvalue weighted by atomic mass is 16.6. The predicted octanol–water partition coefficient (Wildman–Crippen LogP) is 1.94. The van der Waals surface area contributed by atoms with Gasteiger partial charge in [0.15, 0.2) is 12.2 Å². The third-order valence-corrected chi connectivity index (χ3v) is 4.01. The summed E-state index contributed by atoms with van der Waals surface area (Å²) in [5.41, 5.74) is -0.0807. The Morgan fingerprint density at radius 2 is 1.36 bits per heavy atom. The molecule has 8 nitrogen and oxygen atoms in total. The fourth-order valence-electron chi connectivity index (χ4n) is 2.51. The van der Waals surface area contributed by atoms with E-state index >= 15 is 0 Å². The van der Waals surface area contributed by atoms with E-state index in [1.807, 2.05) is 0 Å². The van der Waals surface area contributed by atoms with Crippen LogP contribution in [-0.2, 0) is 25.5 Å². The number of aryl methyl sites for hydroxylation is 1. The van der Waals surface area contributed by atoms with E-state index in [9.17, 15) is 29.4 Å². The number of hydrogen-bond acceptors (Lipinski definition) is 8. The molecule has 0 aromatic heterocycles. The number of aliphatic hydroxyl groups is 2. The molecule has 154 valence electrons. The lowest BCUT2D eigenvalue weighted by atomic mass is 9.99. The van der Waals surface area contributed by atoms with E-state index in [2.05, 4.69) is 4.74 Å². The summed E-state index contributed by atoms with van der Waals surface area (Å²) in [6.07, 6.45) is -1.30. The van der Waals surface area contributed by atoms with Crippen molar-refractivity contribution in [2.75, 3.05) is 0 Å². The Hall–Kier alpha value is -2.58. The summed E-state index contributed by atoms with van der Waals surface area (Å²) in [6, 6.07) is 4.31. The van der Waals surface area contributed by atoms with Crippen molar-refractivity contribution in [3.63, 3.8) is 0 Å². The lowest BCUT2D eigenvalue weighted by Gasteiger charge is -2.14. The van der Waals surface area contributed by atoms with Crippen LogP contribution in [-0.4, -0.2) is 46.3 Å². The van der Waals surface area contributed by atoms with Crippen molar-refractivity contribution in [2.45, 2.75) is 65.1 Å². The maximum absolute atomic E-state index is 12.5. The average molecular weight is 394 g/mol. The Morgan fingerprint density at radius 3 is 1.82 bits per heavy atom. The normalized spacial score (nSPS) is 12.8. The van der Waals surface area contributed by atoms with Crippen LogP contribution in [0.4, 0.5) is 0 Å². The Labute approximate surface area is 163 Å². The second kappa shape index (κ2) is 11.3. The molecular weight excluding hydrogens is 368 g/mol. The summed E-state index contributed by atoms with van der Waals surface area (Å²) in [4.78, 5) is 48.5. The molecule has 1 aromatic rings. The lowest BCUT2D eigenvalue weighted by Crippen LogP contribution is -2.29. The molecule has 2 atom stereocenters. The van der Waals surface area contributed by atoms with Gasteiger partial charge in [-0.1, -0.05) is 45.7 Å². The second-order valence-corrected chi connectivity index (χ2v) is 6.22. The van der Waals surface area contributed by atoms with Crippen LogP contribution in [0.25, 0.3) is 0 Å². The summed E-state index contributed by atoms with van der Waals surface area (Å²) in [5.74, 6) is -4.50. The monoisotopic (exact) mass is 394 g/mol. The summed E-state index contributed by atoms with van der Waals surface area (Å²) >= 11 is 0. The van der Waals surface area contributed by atoms with Crippen molar-refractivity contribution in [3.8, 4) is 0 Å². The minimum Gasteiger partial charge on any atom is -0.387 e. The largest absolute Gasteiger partial charge is 0.387 e. The number of hydrogen-bond donors (Lipinski definition) is 2. The molecule has 0 saturated heterocycles. The minimum atomic E-state index is -1.45. The van der Waals surface area contributed by atoms with E-state index in [-0.39, 0.29) is 24.0 Å². The molecule has 28 heavy (non-hydrogen) atoms. The zero-order valence-corrected chi connectivity index (χ0v) is 16.3. The highest BCUT2D eigenvalue weighted by molar-refractivity contribution is 6.09. The van der Waals surface area contributed by atoms with Crippen molar-refractivity contribution in [3.05, 3.63) is 34.9 Å². The topological polar surface area (TPSA) is 127 Å². The zero-order chi connectivity index (χ0) is 21.3. The van der Waals surface area contributed by atoms with Crippen LogP contribution in [0.3, 0.4) is 0 Å². The van der Waals surface area contributed by atoms with Gasteiger partial charge in [-0.25, -0.2) is 19.2 Å². The van der Waals surface area contributed by atoms with Crippen molar-refractivity contribution in [1.82, 2.24) is 0 Å². The molecule has 0 spiro atoms. The first-order valence-electron chi connectivity index (χ1n) is 9.26. The van der Waals surface area contributed by atoms with Crippen molar-refractivity contribution >= 4 is 23.9 Å². The van der Waals surface area contributed by atoms with Crippen molar-refractivity contribution in [1.29, 1.82) is 0 Å². The summed E-state index contributed by atoms with van der Waals surface area (Å²) in [5, 5.41) is 19.3. The van der Waals surface area contributed by atoms with E-state index < -0.39 is 36.1 Å². The summed E-state index contributed by atoms with van der Waals surface area (Å²) in [7, 11) is 0. The summed E-state index contributed by atoms with van der Waals surface area (Å²) in [6.45, 7) is 5.23. The van der Waals surface area contributed by atoms with E-state index in [1.54, 1.807) is 26.8 Å². The Bertz CT molecular complexity index is 725. The van der Waals surface area contributed by atoms with Crippen LogP contribution in [0, 0.1) is 0 Å². The highest BCUT2D eigenvalue weighted by Gasteiger charge is 2.28. The number of carbonyl (C=O) groups excluding carboxylic acids is 4. The van der Waals surface area contributed by atoms with Gasteiger partial charge in [0.2, 0.25) is 0 Å². The Morgan fingerprint density at radius 1 is 0.857 bits per heavy atom. The van der Waals surface area contributed by atoms with Crippen molar-refractivity contribution in [2.24, 2.45) is 0 Å². The van der Waals surface area contributed by atoms with Gasteiger partial charge in [0, 0.05) is 0 Å². The quantitative estimate of drug-likeness (QED) is 0.480. The predicted molar refractivity (Wildman–Crippen MR) is 98.5 cm³/mol. The minimum absolute atomic E-state index is 0.125. The summed E-state index contributed by atoms with van der Waals surface area (Å²) < 4.78 is 9.37. The van der Waals surface area contributed by atoms with Crippen molar-refractivity contribution < 1.29 is 38.9 Å². The van der Waals surface area contributed by atoms with E-state index in [0.717, 1.165) is 0 Å². The number of aliphatic hydroxyl groups excluding tert-OH is 2. The van der Waals surface area contributed by atoms with Gasteiger partial charge in [0.25, 0.3) is 0 Å².